The first kappa shape index (κ1) is 29.8. The Labute approximate surface area is 237 Å². The van der Waals surface area contributed by atoms with E-state index < -0.39 is 42.6 Å². The first-order valence-electron chi connectivity index (χ1n) is 12.4. The standard InChI is InChI=1S/C21H22ClF3N6O2.C4H5N3O/c22-13-1-3-14(4-2-13)28-19-16(18(27)32)9-31(29-19)17-6-5-15(7-12(17)8-26)30-10-20(33,11-30)21(23,24)25;5-4(8)3-1-6-7-2-3/h1-4,9,12,15,17,33H,5-7,10-11H2,(H2,27,32)(H,28,29);1-2H,(H2,5,8)(H,6,7). The zero-order valence-corrected chi connectivity index (χ0v) is 22.2. The summed E-state index contributed by atoms with van der Waals surface area (Å²) in [4.78, 5) is 23.8. The van der Waals surface area contributed by atoms with Gasteiger partial charge in [0.05, 0.1) is 29.8 Å². The van der Waals surface area contributed by atoms with Gasteiger partial charge in [0, 0.05) is 42.2 Å². The van der Waals surface area contributed by atoms with E-state index in [0.29, 0.717) is 35.5 Å². The van der Waals surface area contributed by atoms with Crippen molar-refractivity contribution in [1.29, 1.82) is 5.26 Å². The number of hydrogen-bond donors (Lipinski definition) is 5. The number of carbonyl (C=O) groups is 2. The summed E-state index contributed by atoms with van der Waals surface area (Å²) in [5.41, 5.74) is 8.88. The topological polar surface area (TPSA) is 192 Å². The second kappa shape index (κ2) is 11.8. The summed E-state index contributed by atoms with van der Waals surface area (Å²) in [7, 11) is 0. The third-order valence-electron chi connectivity index (χ3n) is 7.15. The number of primary amides is 2. The largest absolute Gasteiger partial charge is 0.419 e. The molecule has 2 aromatic heterocycles. The van der Waals surface area contributed by atoms with E-state index >= 15 is 0 Å². The smallest absolute Gasteiger partial charge is 0.378 e. The molecule has 1 aromatic carbocycles. The molecule has 0 spiro atoms. The third-order valence-corrected chi connectivity index (χ3v) is 7.40. The molecule has 2 fully saturated rings. The highest BCUT2D eigenvalue weighted by atomic mass is 35.5. The first-order valence-corrected chi connectivity index (χ1v) is 12.8. The molecule has 2 amide bonds. The van der Waals surface area contributed by atoms with Gasteiger partial charge < -0.3 is 21.9 Å². The van der Waals surface area contributed by atoms with Crippen LogP contribution in [0.15, 0.2) is 42.9 Å². The van der Waals surface area contributed by atoms with E-state index in [1.807, 2.05) is 0 Å². The van der Waals surface area contributed by atoms with E-state index in [0.717, 1.165) is 0 Å². The van der Waals surface area contributed by atoms with Crippen molar-refractivity contribution in [3.8, 4) is 6.07 Å². The molecule has 218 valence electrons. The van der Waals surface area contributed by atoms with Crippen molar-refractivity contribution < 1.29 is 27.9 Å². The van der Waals surface area contributed by atoms with Crippen LogP contribution >= 0.6 is 11.6 Å². The Morgan fingerprint density at radius 1 is 1.20 bits per heavy atom. The van der Waals surface area contributed by atoms with Gasteiger partial charge in [-0.3, -0.25) is 24.3 Å². The molecule has 0 bridgehead atoms. The van der Waals surface area contributed by atoms with Crippen LogP contribution in [0.2, 0.25) is 5.02 Å². The molecule has 1 saturated heterocycles. The average molecular weight is 594 g/mol. The molecule has 0 radical (unpaired) electrons. The summed E-state index contributed by atoms with van der Waals surface area (Å²) in [5.74, 6) is -1.44. The number of H-pyrrole nitrogens is 1. The summed E-state index contributed by atoms with van der Waals surface area (Å²) >= 11 is 5.90. The molecule has 1 aliphatic carbocycles. The number of carbonyl (C=O) groups excluding carboxylic acids is 2. The van der Waals surface area contributed by atoms with Gasteiger partial charge in [-0.2, -0.15) is 28.6 Å². The van der Waals surface area contributed by atoms with E-state index in [4.69, 9.17) is 23.1 Å². The number of aromatic amines is 1. The predicted octanol–water partition coefficient (Wildman–Crippen LogP) is 2.73. The van der Waals surface area contributed by atoms with Gasteiger partial charge in [-0.15, -0.1) is 0 Å². The fourth-order valence-corrected chi connectivity index (χ4v) is 5.00. The number of nitrogens with one attached hydrogen (secondary N) is 2. The lowest BCUT2D eigenvalue weighted by Gasteiger charge is -2.52. The van der Waals surface area contributed by atoms with Gasteiger partial charge in [-0.1, -0.05) is 11.6 Å². The molecule has 5 rings (SSSR count). The number of amides is 2. The van der Waals surface area contributed by atoms with Crippen molar-refractivity contribution >= 4 is 34.9 Å². The number of halogens is 4. The molecule has 1 saturated carbocycles. The molecule has 16 heteroatoms. The number of nitrogens with two attached hydrogens (primary N) is 2. The Balaban J connectivity index is 0.000000417. The zero-order chi connectivity index (χ0) is 29.9. The van der Waals surface area contributed by atoms with Crippen LogP contribution in [-0.4, -0.2) is 72.7 Å². The average Bonchev–Trinajstić information content (AvgIpc) is 3.58. The quantitative estimate of drug-likeness (QED) is 0.288. The van der Waals surface area contributed by atoms with Gasteiger partial charge in [0.25, 0.3) is 11.8 Å². The number of anilines is 2. The summed E-state index contributed by atoms with van der Waals surface area (Å²) in [6, 6.07) is 8.39. The van der Waals surface area contributed by atoms with E-state index in [1.165, 1.54) is 23.3 Å². The molecule has 2 aliphatic rings. The van der Waals surface area contributed by atoms with Crippen molar-refractivity contribution in [1.82, 2.24) is 24.9 Å². The Morgan fingerprint density at radius 3 is 2.39 bits per heavy atom. The van der Waals surface area contributed by atoms with Crippen molar-refractivity contribution in [3.63, 3.8) is 0 Å². The highest BCUT2D eigenvalue weighted by Crippen LogP contribution is 2.43. The molecule has 1 aliphatic heterocycles. The maximum Gasteiger partial charge on any atom is 0.419 e. The fraction of sp³-hybridized carbons (Fsp3) is 0.400. The molecule has 3 unspecified atom stereocenters. The van der Waals surface area contributed by atoms with Crippen LogP contribution < -0.4 is 16.8 Å². The zero-order valence-electron chi connectivity index (χ0n) is 21.5. The highest BCUT2D eigenvalue weighted by molar-refractivity contribution is 6.30. The molecule has 7 N–H and O–H groups in total. The molecule has 41 heavy (non-hydrogen) atoms. The first-order chi connectivity index (χ1) is 19.3. The molecule has 12 nitrogen and oxygen atoms in total. The summed E-state index contributed by atoms with van der Waals surface area (Å²) < 4.78 is 40.4. The van der Waals surface area contributed by atoms with Crippen molar-refractivity contribution in [3.05, 3.63) is 59.0 Å². The molecule has 3 heterocycles. The van der Waals surface area contributed by atoms with Crippen LogP contribution in [-0.2, 0) is 0 Å². The Morgan fingerprint density at radius 2 is 1.88 bits per heavy atom. The van der Waals surface area contributed by atoms with Crippen LogP contribution in [0.5, 0.6) is 0 Å². The van der Waals surface area contributed by atoms with E-state index in [1.54, 1.807) is 29.2 Å². The summed E-state index contributed by atoms with van der Waals surface area (Å²) in [6.07, 6.45) is 0.975. The number of aromatic nitrogens is 4. The lowest BCUT2D eigenvalue weighted by molar-refractivity contribution is -0.307. The third kappa shape index (κ3) is 6.62. The van der Waals surface area contributed by atoms with Crippen LogP contribution in [0.3, 0.4) is 0 Å². The van der Waals surface area contributed by atoms with Crippen LogP contribution in [0.1, 0.15) is 46.0 Å². The number of β-amino-alcohol motifs (C(OH)–C–C–N with tert-alkyl or cyclic N) is 1. The molecule has 3 aromatic rings. The molecular weight excluding hydrogens is 567 g/mol. The Bertz CT molecular complexity index is 1410. The van der Waals surface area contributed by atoms with Gasteiger partial charge in [-0.25, -0.2) is 0 Å². The number of nitrogens with zero attached hydrogens (tertiary/aromatic N) is 5. The summed E-state index contributed by atoms with van der Waals surface area (Å²) in [6.45, 7) is -0.987. The van der Waals surface area contributed by atoms with E-state index in [-0.39, 0.29) is 23.5 Å². The van der Waals surface area contributed by atoms with Gasteiger partial charge in [0.2, 0.25) is 0 Å². The number of nitriles is 1. The minimum atomic E-state index is -4.68. The minimum absolute atomic E-state index is 0.154. The van der Waals surface area contributed by atoms with Gasteiger partial charge in [0.1, 0.15) is 5.56 Å². The number of likely N-dealkylation sites (tertiary alicyclic amines) is 1. The van der Waals surface area contributed by atoms with Crippen LogP contribution in [0.4, 0.5) is 24.7 Å². The normalized spacial score (nSPS) is 22.0. The van der Waals surface area contributed by atoms with Gasteiger partial charge in [0.15, 0.2) is 11.4 Å². The number of aliphatic hydroxyl groups is 1. The molecule has 3 atom stereocenters. The summed E-state index contributed by atoms with van der Waals surface area (Å²) in [5, 5.41) is 33.4. The van der Waals surface area contributed by atoms with Crippen molar-refractivity contribution in [2.75, 3.05) is 18.4 Å². The van der Waals surface area contributed by atoms with Gasteiger partial charge >= 0.3 is 6.18 Å². The highest BCUT2D eigenvalue weighted by Gasteiger charge is 2.62. The number of rotatable bonds is 6. The van der Waals surface area contributed by atoms with E-state index in [9.17, 15) is 33.1 Å². The van der Waals surface area contributed by atoms with Gasteiger partial charge in [-0.05, 0) is 43.5 Å². The SMILES string of the molecule is N#CC1CC(N2CC(O)(C(F)(F)F)C2)CCC1n1cc(C(N)=O)c(Nc2ccc(Cl)cc2)n1.NC(=O)c1cn[nH]c1. The Kier molecular flexibility index (Phi) is 8.57. The van der Waals surface area contributed by atoms with E-state index in [2.05, 4.69) is 26.7 Å². The van der Waals surface area contributed by atoms with Crippen molar-refractivity contribution in [2.45, 2.75) is 43.1 Å². The van der Waals surface area contributed by atoms with Crippen molar-refractivity contribution in [2.24, 2.45) is 17.4 Å². The maximum absolute atomic E-state index is 12.9. The Hall–Kier alpha value is -4.13. The maximum atomic E-state index is 12.9. The number of alkyl halides is 3. The van der Waals surface area contributed by atoms with Crippen LogP contribution in [0, 0.1) is 17.2 Å². The van der Waals surface area contributed by atoms with Crippen LogP contribution in [0.25, 0.3) is 0 Å². The minimum Gasteiger partial charge on any atom is -0.378 e. The lowest BCUT2D eigenvalue weighted by Crippen LogP contribution is -2.71. The molecular formula is C25H27ClF3N9O3. The number of benzene rings is 1. The predicted molar refractivity (Wildman–Crippen MR) is 141 cm³/mol. The number of hydrogen-bond acceptors (Lipinski definition) is 8. The monoisotopic (exact) mass is 593 g/mol. The lowest BCUT2D eigenvalue weighted by atomic mass is 9.79. The second-order valence-corrected chi connectivity index (χ2v) is 10.4. The second-order valence-electron chi connectivity index (χ2n) is 9.92. The fourth-order valence-electron chi connectivity index (χ4n) is 4.87.